The zero-order valence-corrected chi connectivity index (χ0v) is 22.9. The molecule has 3 aliphatic heterocycles. The number of fused-ring (bicyclic) bond motifs is 4. The number of nitrogens with zero attached hydrogens (tertiary/aromatic N) is 2. The van der Waals surface area contributed by atoms with Gasteiger partial charge in [-0.05, 0) is 73.6 Å². The van der Waals surface area contributed by atoms with Crippen LogP contribution >= 0.6 is 0 Å². The predicted octanol–water partition coefficient (Wildman–Crippen LogP) is 7.79. The highest BCUT2D eigenvalue weighted by Gasteiger charge is 2.44. The highest BCUT2D eigenvalue weighted by atomic mass is 16.5. The molecule has 0 aliphatic carbocycles. The van der Waals surface area contributed by atoms with Crippen molar-refractivity contribution < 1.29 is 9.53 Å². The van der Waals surface area contributed by atoms with Gasteiger partial charge in [0, 0.05) is 42.8 Å². The molecule has 0 spiro atoms. The van der Waals surface area contributed by atoms with Crippen LogP contribution in [0.5, 0.6) is 11.5 Å². The Kier molecular flexibility index (Phi) is 6.52. The van der Waals surface area contributed by atoms with E-state index in [2.05, 4.69) is 81.8 Å². The molecule has 1 amide bonds. The third-order valence-corrected chi connectivity index (χ3v) is 8.84. The Morgan fingerprint density at radius 3 is 2.30 bits per heavy atom. The van der Waals surface area contributed by atoms with Gasteiger partial charge in [-0.25, -0.2) is 0 Å². The number of hydrogen-bond donors (Lipinski definition) is 1. The summed E-state index contributed by atoms with van der Waals surface area (Å²) in [6, 6.07) is 35.4. The minimum Gasteiger partial charge on any atom is -0.453 e. The molecule has 2 atom stereocenters. The topological polar surface area (TPSA) is 44.8 Å². The Balaban J connectivity index is 1.18. The highest BCUT2D eigenvalue weighted by molar-refractivity contribution is 5.94. The summed E-state index contributed by atoms with van der Waals surface area (Å²) in [5, 5.41) is 2.97. The van der Waals surface area contributed by atoms with E-state index in [9.17, 15) is 4.79 Å². The third-order valence-electron chi connectivity index (χ3n) is 8.84. The summed E-state index contributed by atoms with van der Waals surface area (Å²) in [6.07, 6.45) is 6.00. The number of rotatable bonds is 6. The van der Waals surface area contributed by atoms with Gasteiger partial charge in [-0.3, -0.25) is 9.69 Å². The lowest BCUT2D eigenvalue weighted by Crippen LogP contribution is -2.50. The lowest BCUT2D eigenvalue weighted by molar-refractivity contribution is -0.114. The molecule has 3 aliphatic rings. The number of carbonyl (C=O) groups excluding carboxylic acids is 1. The first-order chi connectivity index (χ1) is 19.6. The van der Waals surface area contributed by atoms with E-state index in [0.29, 0.717) is 18.1 Å². The van der Waals surface area contributed by atoms with Crippen LogP contribution in [0, 0.1) is 0 Å². The van der Waals surface area contributed by atoms with Crippen molar-refractivity contribution in [1.29, 1.82) is 0 Å². The van der Waals surface area contributed by atoms with Crippen LogP contribution in [-0.4, -0.2) is 35.5 Å². The number of piperidine rings is 1. The van der Waals surface area contributed by atoms with E-state index < -0.39 is 0 Å². The van der Waals surface area contributed by atoms with Gasteiger partial charge in [0.25, 0.3) is 0 Å². The number of amides is 1. The van der Waals surface area contributed by atoms with Gasteiger partial charge in [0.2, 0.25) is 5.91 Å². The number of carbonyl (C=O) groups is 1. The number of para-hydroxylation sites is 3. The molecule has 2 saturated heterocycles. The SMILES string of the molecule is CC(=O)Nc1ccccc1-c1ccc2c(c1)Oc1ccccc1N2C1CC2CCC(C1)N2CCc1ccccc1. The average Bonchev–Trinajstić information content (AvgIpc) is 3.21. The second-order valence-corrected chi connectivity index (χ2v) is 11.3. The van der Waals surface area contributed by atoms with Gasteiger partial charge in [0.05, 0.1) is 11.4 Å². The van der Waals surface area contributed by atoms with Gasteiger partial charge in [0.1, 0.15) is 0 Å². The summed E-state index contributed by atoms with van der Waals surface area (Å²) in [4.78, 5) is 17.2. The van der Waals surface area contributed by atoms with Crippen LogP contribution in [-0.2, 0) is 11.2 Å². The van der Waals surface area contributed by atoms with Crippen molar-refractivity contribution in [2.24, 2.45) is 0 Å². The molecule has 2 fully saturated rings. The quantitative estimate of drug-likeness (QED) is 0.277. The van der Waals surface area contributed by atoms with E-state index in [1.54, 1.807) is 6.92 Å². The van der Waals surface area contributed by atoms with E-state index in [4.69, 9.17) is 4.74 Å². The minimum atomic E-state index is -0.0773. The van der Waals surface area contributed by atoms with Crippen LogP contribution in [0.3, 0.4) is 0 Å². The Labute approximate surface area is 236 Å². The lowest BCUT2D eigenvalue weighted by Gasteiger charge is -2.46. The summed E-state index contributed by atoms with van der Waals surface area (Å²) in [6.45, 7) is 2.68. The largest absolute Gasteiger partial charge is 0.453 e. The minimum absolute atomic E-state index is 0.0773. The molecule has 0 radical (unpaired) electrons. The third kappa shape index (κ3) is 4.65. The molecule has 2 bridgehead atoms. The summed E-state index contributed by atoms with van der Waals surface area (Å²) in [7, 11) is 0. The summed E-state index contributed by atoms with van der Waals surface area (Å²) in [5.74, 6) is 1.69. The Bertz CT molecular complexity index is 1520. The standard InChI is InChI=1S/C35H35N3O2/c1-24(39)36-31-12-6-5-11-30(31)26-15-18-33-35(21-26)40-34-14-8-7-13-32(34)38(33)29-22-27-16-17-28(23-29)37(27)20-19-25-9-3-2-4-10-25/h2-15,18,21,27-29H,16-17,19-20,22-23H2,1H3,(H,36,39). The summed E-state index contributed by atoms with van der Waals surface area (Å²) < 4.78 is 6.52. The fraction of sp³-hybridized carbons (Fsp3) is 0.286. The molecule has 0 saturated carbocycles. The Morgan fingerprint density at radius 2 is 1.50 bits per heavy atom. The molecule has 0 aromatic heterocycles. The smallest absolute Gasteiger partial charge is 0.221 e. The van der Waals surface area contributed by atoms with E-state index in [0.717, 1.165) is 65.5 Å². The van der Waals surface area contributed by atoms with Crippen molar-refractivity contribution in [1.82, 2.24) is 4.90 Å². The molecule has 202 valence electrons. The Morgan fingerprint density at radius 1 is 0.800 bits per heavy atom. The highest BCUT2D eigenvalue weighted by Crippen LogP contribution is 2.52. The van der Waals surface area contributed by atoms with Crippen LogP contribution in [0.1, 0.15) is 38.2 Å². The molecule has 40 heavy (non-hydrogen) atoms. The van der Waals surface area contributed by atoms with E-state index in [-0.39, 0.29) is 5.91 Å². The maximum absolute atomic E-state index is 11.8. The van der Waals surface area contributed by atoms with Gasteiger partial charge >= 0.3 is 0 Å². The van der Waals surface area contributed by atoms with Crippen LogP contribution in [0.4, 0.5) is 17.1 Å². The molecule has 5 heteroatoms. The number of ether oxygens (including phenoxy) is 1. The lowest BCUT2D eigenvalue weighted by atomic mass is 9.93. The van der Waals surface area contributed by atoms with Crippen molar-refractivity contribution in [3.8, 4) is 22.6 Å². The van der Waals surface area contributed by atoms with Crippen LogP contribution in [0.2, 0.25) is 0 Å². The molecule has 4 aromatic rings. The van der Waals surface area contributed by atoms with Crippen LogP contribution in [0.25, 0.3) is 11.1 Å². The molecule has 1 N–H and O–H groups in total. The van der Waals surface area contributed by atoms with Gasteiger partial charge in [-0.2, -0.15) is 0 Å². The van der Waals surface area contributed by atoms with Crippen LogP contribution in [0.15, 0.2) is 97.1 Å². The van der Waals surface area contributed by atoms with Gasteiger partial charge in [-0.15, -0.1) is 0 Å². The molecule has 3 heterocycles. The van der Waals surface area contributed by atoms with E-state index in [1.165, 1.54) is 18.4 Å². The van der Waals surface area contributed by atoms with Crippen molar-refractivity contribution in [3.63, 3.8) is 0 Å². The fourth-order valence-corrected chi connectivity index (χ4v) is 7.10. The zero-order valence-electron chi connectivity index (χ0n) is 22.9. The van der Waals surface area contributed by atoms with Crippen molar-refractivity contribution in [2.75, 3.05) is 16.8 Å². The normalized spacial score (nSPS) is 21.3. The molecular weight excluding hydrogens is 494 g/mol. The van der Waals surface area contributed by atoms with Gasteiger partial charge < -0.3 is 15.0 Å². The molecular formula is C35H35N3O2. The van der Waals surface area contributed by atoms with E-state index >= 15 is 0 Å². The van der Waals surface area contributed by atoms with Crippen molar-refractivity contribution >= 4 is 23.0 Å². The first kappa shape index (κ1) is 24.9. The van der Waals surface area contributed by atoms with E-state index in [1.807, 2.05) is 30.3 Å². The summed E-state index contributed by atoms with van der Waals surface area (Å²) >= 11 is 0. The maximum Gasteiger partial charge on any atom is 0.221 e. The maximum atomic E-state index is 11.8. The summed E-state index contributed by atoms with van der Waals surface area (Å²) in [5.41, 5.74) is 6.53. The second-order valence-electron chi connectivity index (χ2n) is 11.3. The van der Waals surface area contributed by atoms with Crippen molar-refractivity contribution in [2.45, 2.75) is 57.2 Å². The second kappa shape index (κ2) is 10.5. The predicted molar refractivity (Wildman–Crippen MR) is 162 cm³/mol. The first-order valence-electron chi connectivity index (χ1n) is 14.5. The number of hydrogen-bond acceptors (Lipinski definition) is 4. The monoisotopic (exact) mass is 529 g/mol. The molecule has 2 unspecified atom stereocenters. The van der Waals surface area contributed by atoms with Gasteiger partial charge in [0.15, 0.2) is 11.5 Å². The van der Waals surface area contributed by atoms with Gasteiger partial charge in [-0.1, -0.05) is 66.7 Å². The fourth-order valence-electron chi connectivity index (χ4n) is 7.10. The molecule has 5 nitrogen and oxygen atoms in total. The molecule has 4 aromatic carbocycles. The Hall–Kier alpha value is -4.09. The number of nitrogens with one attached hydrogen (secondary N) is 1. The zero-order chi connectivity index (χ0) is 27.1. The number of anilines is 3. The number of benzene rings is 4. The first-order valence-corrected chi connectivity index (χ1v) is 14.5. The van der Waals surface area contributed by atoms with Crippen molar-refractivity contribution in [3.05, 3.63) is 103 Å². The van der Waals surface area contributed by atoms with Crippen LogP contribution < -0.4 is 15.0 Å². The molecule has 7 rings (SSSR count). The average molecular weight is 530 g/mol.